The minimum Gasteiger partial charge on any atom is -0.495 e. The number of aryl methyl sites for hydroxylation is 1. The molecule has 3 aromatic rings. The Morgan fingerprint density at radius 1 is 1.16 bits per heavy atom. The summed E-state index contributed by atoms with van der Waals surface area (Å²) in [4.78, 5) is 11.8. The molecule has 2 aromatic carbocycles. The Morgan fingerprint density at radius 3 is 2.70 bits per heavy atom. The van der Waals surface area contributed by atoms with Crippen molar-refractivity contribution in [2.75, 3.05) is 27.3 Å². The van der Waals surface area contributed by atoms with E-state index in [9.17, 15) is 8.78 Å². The molecule has 7 nitrogen and oxygen atoms in total. The summed E-state index contributed by atoms with van der Waals surface area (Å²) in [5.74, 6) is -0.305. The number of hydrogen-bond donors (Lipinski definition) is 1. The molecular weight excluding hydrogens is 476 g/mol. The molecule has 3 heterocycles. The Kier molecular flexibility index (Phi) is 6.72. The van der Waals surface area contributed by atoms with Crippen LogP contribution in [-0.4, -0.2) is 53.6 Å². The smallest absolute Gasteiger partial charge is 0.172 e. The van der Waals surface area contributed by atoms with Crippen molar-refractivity contribution in [2.24, 2.45) is 5.16 Å². The van der Waals surface area contributed by atoms with Gasteiger partial charge >= 0.3 is 0 Å². The molecule has 1 N–H and O–H groups in total. The van der Waals surface area contributed by atoms with Gasteiger partial charge in [-0.25, -0.2) is 13.8 Å². The third kappa shape index (κ3) is 4.59. The second kappa shape index (κ2) is 9.97. The van der Waals surface area contributed by atoms with E-state index < -0.39 is 17.2 Å². The highest BCUT2D eigenvalue weighted by Gasteiger charge is 2.46. The first kappa shape index (κ1) is 25.0. The molecule has 0 spiro atoms. The molecule has 5 rings (SSSR count). The van der Waals surface area contributed by atoms with Gasteiger partial charge in [0, 0.05) is 25.3 Å². The second-order valence-electron chi connectivity index (χ2n) is 9.72. The van der Waals surface area contributed by atoms with E-state index in [4.69, 9.17) is 9.57 Å². The van der Waals surface area contributed by atoms with E-state index >= 15 is 0 Å². The highest BCUT2D eigenvalue weighted by atomic mass is 19.2. The van der Waals surface area contributed by atoms with Crippen LogP contribution in [0.25, 0.3) is 11.8 Å². The summed E-state index contributed by atoms with van der Waals surface area (Å²) >= 11 is 0. The number of methoxy groups -OCH3 is 1. The third-order valence-corrected chi connectivity index (χ3v) is 7.26. The molecule has 0 bridgehead atoms. The number of benzene rings is 2. The van der Waals surface area contributed by atoms with Gasteiger partial charge in [0.2, 0.25) is 0 Å². The van der Waals surface area contributed by atoms with E-state index in [1.807, 2.05) is 42.8 Å². The van der Waals surface area contributed by atoms with Crippen molar-refractivity contribution in [3.63, 3.8) is 0 Å². The predicted molar refractivity (Wildman–Crippen MR) is 139 cm³/mol. The van der Waals surface area contributed by atoms with Gasteiger partial charge in [-0.3, -0.25) is 0 Å². The van der Waals surface area contributed by atoms with E-state index in [0.717, 1.165) is 47.7 Å². The lowest BCUT2D eigenvalue weighted by Gasteiger charge is -2.54. The SMILES string of the molecule is CO/N=C1\C(=C\c2ccc(-n3cnc(C)c3)c(OC)c2)CCC2CNCC(C)(c3ccc(F)c(F)c3)N12. The first-order valence-electron chi connectivity index (χ1n) is 12.3. The molecule has 0 saturated carbocycles. The summed E-state index contributed by atoms with van der Waals surface area (Å²) in [6.45, 7) is 5.29. The van der Waals surface area contributed by atoms with Crippen LogP contribution >= 0.6 is 0 Å². The van der Waals surface area contributed by atoms with Gasteiger partial charge in [0.1, 0.15) is 12.9 Å². The number of nitrogens with zero attached hydrogens (tertiary/aromatic N) is 4. The first-order valence-corrected chi connectivity index (χ1v) is 12.3. The molecule has 0 aliphatic carbocycles. The lowest BCUT2D eigenvalue weighted by molar-refractivity contribution is 0.0760. The van der Waals surface area contributed by atoms with Crippen molar-refractivity contribution in [3.05, 3.63) is 83.0 Å². The zero-order valence-electron chi connectivity index (χ0n) is 21.5. The largest absolute Gasteiger partial charge is 0.495 e. The Bertz CT molecular complexity index is 1370. The first-order chi connectivity index (χ1) is 17.8. The molecule has 2 saturated heterocycles. The zero-order valence-corrected chi connectivity index (χ0v) is 21.5. The summed E-state index contributed by atoms with van der Waals surface area (Å²) in [6.07, 6.45) is 7.48. The monoisotopic (exact) mass is 507 g/mol. The van der Waals surface area contributed by atoms with Crippen LogP contribution in [0.4, 0.5) is 8.78 Å². The Labute approximate surface area is 215 Å². The van der Waals surface area contributed by atoms with Crippen molar-refractivity contribution >= 4 is 11.9 Å². The number of oxime groups is 1. The molecule has 0 radical (unpaired) electrons. The van der Waals surface area contributed by atoms with Crippen molar-refractivity contribution in [2.45, 2.75) is 38.3 Å². The number of piperidine rings is 1. The topological polar surface area (TPSA) is 63.9 Å². The minimum absolute atomic E-state index is 0.124. The quantitative estimate of drug-likeness (QED) is 0.503. The average molecular weight is 508 g/mol. The Morgan fingerprint density at radius 2 is 2.00 bits per heavy atom. The Hall–Kier alpha value is -3.72. The lowest BCUT2D eigenvalue weighted by Crippen LogP contribution is -2.66. The van der Waals surface area contributed by atoms with E-state index in [2.05, 4.69) is 26.4 Å². The fourth-order valence-electron chi connectivity index (χ4n) is 5.44. The molecule has 2 unspecified atom stereocenters. The summed E-state index contributed by atoms with van der Waals surface area (Å²) in [7, 11) is 3.17. The second-order valence-corrected chi connectivity index (χ2v) is 9.72. The molecule has 0 amide bonds. The predicted octanol–water partition coefficient (Wildman–Crippen LogP) is 4.79. The highest BCUT2D eigenvalue weighted by molar-refractivity contribution is 6.03. The molecule has 2 aliphatic heterocycles. The van der Waals surface area contributed by atoms with Gasteiger partial charge in [-0.2, -0.15) is 0 Å². The molecule has 2 fully saturated rings. The van der Waals surface area contributed by atoms with Crippen LogP contribution in [0.1, 0.15) is 36.6 Å². The number of halogens is 2. The summed E-state index contributed by atoms with van der Waals surface area (Å²) < 4.78 is 35.6. The standard InChI is InChI=1S/C28H31F2N5O2/c1-18-15-34(17-32-18)25-10-5-19(12-26(25)36-3)11-20-6-8-22-14-31-16-28(2,35(22)27(20)33-37-4)21-7-9-23(29)24(30)13-21/h5,7,9-13,15,17,22,31H,6,8,14,16H2,1-4H3/b20-11+,33-27+. The van der Waals surface area contributed by atoms with Crippen molar-refractivity contribution < 1.29 is 18.4 Å². The van der Waals surface area contributed by atoms with Gasteiger partial charge < -0.3 is 24.4 Å². The summed E-state index contributed by atoms with van der Waals surface area (Å²) in [5, 5.41) is 7.93. The lowest BCUT2D eigenvalue weighted by atomic mass is 9.81. The van der Waals surface area contributed by atoms with Crippen molar-refractivity contribution in [1.82, 2.24) is 19.8 Å². The number of nitrogens with one attached hydrogen (secondary N) is 1. The van der Waals surface area contributed by atoms with Gasteiger partial charge in [-0.1, -0.05) is 17.3 Å². The maximum Gasteiger partial charge on any atom is 0.172 e. The maximum atomic E-state index is 14.3. The van der Waals surface area contributed by atoms with Crippen LogP contribution in [0.2, 0.25) is 0 Å². The fraction of sp³-hybridized carbons (Fsp3) is 0.357. The van der Waals surface area contributed by atoms with E-state index in [0.29, 0.717) is 17.9 Å². The van der Waals surface area contributed by atoms with E-state index in [1.54, 1.807) is 19.5 Å². The third-order valence-electron chi connectivity index (χ3n) is 7.26. The number of amidine groups is 1. The zero-order chi connectivity index (χ0) is 26.2. The number of hydrogen-bond acceptors (Lipinski definition) is 5. The van der Waals surface area contributed by atoms with Crippen LogP contribution < -0.4 is 10.1 Å². The van der Waals surface area contributed by atoms with Crippen LogP contribution in [0.15, 0.2) is 59.7 Å². The number of ether oxygens (including phenoxy) is 1. The van der Waals surface area contributed by atoms with Gasteiger partial charge in [0.15, 0.2) is 17.5 Å². The molecule has 2 aliphatic rings. The van der Waals surface area contributed by atoms with Gasteiger partial charge in [0.05, 0.1) is 30.4 Å². The normalized spacial score (nSPS) is 23.8. The Balaban J connectivity index is 1.55. The summed E-state index contributed by atoms with van der Waals surface area (Å²) in [6, 6.07) is 10.3. The molecule has 194 valence electrons. The minimum atomic E-state index is -0.862. The summed E-state index contributed by atoms with van der Waals surface area (Å²) in [5.41, 5.74) is 3.80. The van der Waals surface area contributed by atoms with Crippen LogP contribution in [0, 0.1) is 18.6 Å². The van der Waals surface area contributed by atoms with Crippen LogP contribution in [0.3, 0.4) is 0 Å². The maximum absolute atomic E-state index is 14.3. The van der Waals surface area contributed by atoms with Crippen molar-refractivity contribution in [3.8, 4) is 11.4 Å². The van der Waals surface area contributed by atoms with Crippen LogP contribution in [0.5, 0.6) is 5.75 Å². The van der Waals surface area contributed by atoms with E-state index in [1.165, 1.54) is 19.2 Å². The van der Waals surface area contributed by atoms with Gasteiger partial charge in [0.25, 0.3) is 0 Å². The fourth-order valence-corrected chi connectivity index (χ4v) is 5.44. The highest BCUT2D eigenvalue weighted by Crippen LogP contribution is 2.40. The number of piperazine rings is 1. The molecular formula is C28H31F2N5O2. The molecule has 9 heteroatoms. The molecule has 2 atom stereocenters. The van der Waals surface area contributed by atoms with Gasteiger partial charge in [-0.05, 0) is 73.7 Å². The number of aromatic nitrogens is 2. The number of fused-ring (bicyclic) bond motifs is 1. The van der Waals surface area contributed by atoms with E-state index in [-0.39, 0.29) is 6.04 Å². The molecule has 37 heavy (non-hydrogen) atoms. The average Bonchev–Trinajstić information content (AvgIpc) is 3.33. The van der Waals surface area contributed by atoms with Crippen LogP contribution in [-0.2, 0) is 10.4 Å². The number of imidazole rings is 1. The molecule has 1 aromatic heterocycles. The van der Waals surface area contributed by atoms with Crippen molar-refractivity contribution in [1.29, 1.82) is 0 Å². The number of rotatable bonds is 5. The van der Waals surface area contributed by atoms with Gasteiger partial charge in [-0.15, -0.1) is 0 Å².